The molecular formula is C14H15F3N2O. The van der Waals surface area contributed by atoms with E-state index < -0.39 is 18.6 Å². The summed E-state index contributed by atoms with van der Waals surface area (Å²) in [5.74, 6) is 4.74. The number of hydrogen-bond acceptors (Lipinski definition) is 2. The fourth-order valence-corrected chi connectivity index (χ4v) is 1.60. The summed E-state index contributed by atoms with van der Waals surface area (Å²) < 4.78 is 36.8. The number of nitrogens with zero attached hydrogens (tertiary/aromatic N) is 1. The minimum absolute atomic E-state index is 0.170. The molecule has 0 aliphatic rings. The molecule has 1 aromatic rings. The van der Waals surface area contributed by atoms with E-state index in [9.17, 15) is 18.0 Å². The van der Waals surface area contributed by atoms with E-state index in [1.807, 2.05) is 0 Å². The number of alkyl halides is 3. The number of nitrogens with two attached hydrogens (primary N) is 1. The Morgan fingerprint density at radius 3 is 2.60 bits per heavy atom. The lowest BCUT2D eigenvalue weighted by Crippen LogP contribution is -2.35. The highest BCUT2D eigenvalue weighted by Gasteiger charge is 2.31. The first-order valence-electron chi connectivity index (χ1n) is 5.86. The first kappa shape index (κ1) is 16.1. The van der Waals surface area contributed by atoms with Crippen molar-refractivity contribution < 1.29 is 18.0 Å². The van der Waals surface area contributed by atoms with Crippen molar-refractivity contribution in [3.63, 3.8) is 0 Å². The van der Waals surface area contributed by atoms with Crippen LogP contribution in [0.15, 0.2) is 18.2 Å². The van der Waals surface area contributed by atoms with Crippen molar-refractivity contribution in [1.82, 2.24) is 4.90 Å². The zero-order valence-corrected chi connectivity index (χ0v) is 11.2. The SMILES string of the molecule is Cc1ccc(C(=O)N(C)CC(F)(F)F)cc1C#CCN. The first-order valence-corrected chi connectivity index (χ1v) is 5.86. The average molecular weight is 284 g/mol. The van der Waals surface area contributed by atoms with Crippen LogP contribution in [0.5, 0.6) is 0 Å². The highest BCUT2D eigenvalue weighted by atomic mass is 19.4. The second-order valence-corrected chi connectivity index (χ2v) is 4.31. The van der Waals surface area contributed by atoms with Crippen LogP contribution in [0.25, 0.3) is 0 Å². The molecule has 0 radical (unpaired) electrons. The highest BCUT2D eigenvalue weighted by molar-refractivity contribution is 5.94. The molecule has 2 N–H and O–H groups in total. The fourth-order valence-electron chi connectivity index (χ4n) is 1.60. The van der Waals surface area contributed by atoms with Gasteiger partial charge in [-0.1, -0.05) is 17.9 Å². The Labute approximate surface area is 115 Å². The van der Waals surface area contributed by atoms with Crippen LogP contribution in [-0.2, 0) is 0 Å². The third kappa shape index (κ3) is 4.59. The molecular weight excluding hydrogens is 269 g/mol. The number of carbonyl (C=O) groups excluding carboxylic acids is 1. The lowest BCUT2D eigenvalue weighted by atomic mass is 10.0. The van der Waals surface area contributed by atoms with Gasteiger partial charge in [0.25, 0.3) is 5.91 Å². The molecule has 1 rings (SSSR count). The molecule has 0 saturated heterocycles. The van der Waals surface area contributed by atoms with Gasteiger partial charge in [-0.3, -0.25) is 4.79 Å². The molecule has 0 fully saturated rings. The van der Waals surface area contributed by atoms with Crippen molar-refractivity contribution in [2.24, 2.45) is 5.73 Å². The van der Waals surface area contributed by atoms with Crippen LogP contribution in [0.4, 0.5) is 13.2 Å². The van der Waals surface area contributed by atoms with Crippen molar-refractivity contribution in [3.8, 4) is 11.8 Å². The van der Waals surface area contributed by atoms with Gasteiger partial charge in [0.1, 0.15) is 6.54 Å². The fraction of sp³-hybridized carbons (Fsp3) is 0.357. The largest absolute Gasteiger partial charge is 0.406 e. The summed E-state index contributed by atoms with van der Waals surface area (Å²) in [5, 5.41) is 0. The maximum absolute atomic E-state index is 12.3. The predicted octanol–water partition coefficient (Wildman–Crippen LogP) is 1.94. The molecule has 0 unspecified atom stereocenters. The first-order chi connectivity index (χ1) is 9.24. The van der Waals surface area contributed by atoms with E-state index in [0.29, 0.717) is 10.5 Å². The minimum atomic E-state index is -4.42. The number of hydrogen-bond donors (Lipinski definition) is 1. The van der Waals surface area contributed by atoms with E-state index in [-0.39, 0.29) is 12.1 Å². The smallest absolute Gasteiger partial charge is 0.333 e. The van der Waals surface area contributed by atoms with E-state index in [1.54, 1.807) is 13.0 Å². The maximum atomic E-state index is 12.3. The molecule has 6 heteroatoms. The van der Waals surface area contributed by atoms with Crippen molar-refractivity contribution >= 4 is 5.91 Å². The Kier molecular flexibility index (Phi) is 5.17. The van der Waals surface area contributed by atoms with E-state index >= 15 is 0 Å². The molecule has 1 amide bonds. The average Bonchev–Trinajstić information content (AvgIpc) is 2.35. The molecule has 0 aliphatic carbocycles. The van der Waals surface area contributed by atoms with Crippen LogP contribution in [0, 0.1) is 18.8 Å². The maximum Gasteiger partial charge on any atom is 0.406 e. The molecule has 1 aromatic carbocycles. The van der Waals surface area contributed by atoms with Crippen molar-refractivity contribution in [2.45, 2.75) is 13.1 Å². The van der Waals surface area contributed by atoms with Crippen molar-refractivity contribution in [2.75, 3.05) is 20.1 Å². The van der Waals surface area contributed by atoms with Crippen LogP contribution in [0.3, 0.4) is 0 Å². The third-order valence-electron chi connectivity index (χ3n) is 2.57. The summed E-state index contributed by atoms with van der Waals surface area (Å²) in [6, 6.07) is 4.61. The van der Waals surface area contributed by atoms with Gasteiger partial charge in [-0.25, -0.2) is 0 Å². The number of benzene rings is 1. The molecule has 108 valence electrons. The predicted molar refractivity (Wildman–Crippen MR) is 70.1 cm³/mol. The van der Waals surface area contributed by atoms with Gasteiger partial charge in [-0.15, -0.1) is 0 Å². The molecule has 3 nitrogen and oxygen atoms in total. The Bertz CT molecular complexity index is 556. The monoisotopic (exact) mass is 284 g/mol. The van der Waals surface area contributed by atoms with Crippen molar-refractivity contribution in [1.29, 1.82) is 0 Å². The van der Waals surface area contributed by atoms with E-state index in [4.69, 9.17) is 5.73 Å². The van der Waals surface area contributed by atoms with E-state index in [0.717, 1.165) is 12.6 Å². The van der Waals surface area contributed by atoms with Gasteiger partial charge >= 0.3 is 6.18 Å². The van der Waals surface area contributed by atoms with Gasteiger partial charge < -0.3 is 10.6 Å². The second-order valence-electron chi connectivity index (χ2n) is 4.31. The Balaban J connectivity index is 2.99. The zero-order valence-electron chi connectivity index (χ0n) is 11.2. The molecule has 0 bridgehead atoms. The van der Waals surface area contributed by atoms with Crippen LogP contribution in [-0.4, -0.2) is 37.1 Å². The molecule has 0 spiro atoms. The summed E-state index contributed by atoms with van der Waals surface area (Å²) in [6.45, 7) is 0.684. The Morgan fingerprint density at radius 1 is 1.40 bits per heavy atom. The normalized spacial score (nSPS) is 10.7. The van der Waals surface area contributed by atoms with Gasteiger partial charge in [0.15, 0.2) is 0 Å². The van der Waals surface area contributed by atoms with Gasteiger partial charge in [0, 0.05) is 18.2 Å². The standard InChI is InChI=1S/C14H15F3N2O/c1-10-5-6-12(8-11(10)4-3-7-18)13(20)19(2)9-14(15,16)17/h5-6,8H,7,9,18H2,1-2H3. The highest BCUT2D eigenvalue weighted by Crippen LogP contribution is 2.18. The van der Waals surface area contributed by atoms with Crippen molar-refractivity contribution in [3.05, 3.63) is 34.9 Å². The van der Waals surface area contributed by atoms with Gasteiger partial charge in [0.05, 0.1) is 6.54 Å². The van der Waals surface area contributed by atoms with Gasteiger partial charge in [0.2, 0.25) is 0 Å². The number of amides is 1. The zero-order chi connectivity index (χ0) is 15.3. The van der Waals surface area contributed by atoms with Gasteiger partial charge in [-0.05, 0) is 24.6 Å². The number of carbonyl (C=O) groups is 1. The number of rotatable bonds is 2. The van der Waals surface area contributed by atoms with Crippen LogP contribution >= 0.6 is 0 Å². The lowest BCUT2D eigenvalue weighted by Gasteiger charge is -2.19. The van der Waals surface area contributed by atoms with Crippen LogP contribution < -0.4 is 5.73 Å². The number of aryl methyl sites for hydroxylation is 1. The summed E-state index contributed by atoms with van der Waals surface area (Å²) in [4.78, 5) is 12.5. The Morgan fingerprint density at radius 2 is 2.05 bits per heavy atom. The molecule has 0 aromatic heterocycles. The molecule has 0 aliphatic heterocycles. The lowest BCUT2D eigenvalue weighted by molar-refractivity contribution is -0.138. The topological polar surface area (TPSA) is 46.3 Å². The Hall–Kier alpha value is -2.00. The van der Waals surface area contributed by atoms with Crippen LogP contribution in [0.1, 0.15) is 21.5 Å². The summed E-state index contributed by atoms with van der Waals surface area (Å²) >= 11 is 0. The minimum Gasteiger partial charge on any atom is -0.333 e. The summed E-state index contributed by atoms with van der Waals surface area (Å²) in [6.07, 6.45) is -4.42. The molecule has 0 heterocycles. The van der Waals surface area contributed by atoms with E-state index in [2.05, 4.69) is 11.8 Å². The van der Waals surface area contributed by atoms with Crippen LogP contribution in [0.2, 0.25) is 0 Å². The molecule has 20 heavy (non-hydrogen) atoms. The van der Waals surface area contributed by atoms with Gasteiger partial charge in [-0.2, -0.15) is 13.2 Å². The third-order valence-corrected chi connectivity index (χ3v) is 2.57. The molecule has 0 atom stereocenters. The number of halogens is 3. The second kappa shape index (κ2) is 6.44. The van der Waals surface area contributed by atoms with E-state index in [1.165, 1.54) is 12.1 Å². The summed E-state index contributed by atoms with van der Waals surface area (Å²) in [7, 11) is 1.11. The molecule has 0 saturated carbocycles. The summed E-state index contributed by atoms with van der Waals surface area (Å²) in [5.41, 5.74) is 6.86. The quantitative estimate of drug-likeness (QED) is 0.844.